The van der Waals surface area contributed by atoms with Crippen molar-refractivity contribution in [3.8, 4) is 0 Å². The van der Waals surface area contributed by atoms with Crippen molar-refractivity contribution >= 4 is 21.6 Å². The minimum absolute atomic E-state index is 1.06. The van der Waals surface area contributed by atoms with Crippen molar-refractivity contribution in [2.45, 2.75) is 26.7 Å². The van der Waals surface area contributed by atoms with Crippen molar-refractivity contribution in [3.05, 3.63) is 28.2 Å². The molecule has 0 saturated carbocycles. The number of hydrogen-bond donors (Lipinski definition) is 1. The molecule has 0 aliphatic rings. The van der Waals surface area contributed by atoms with Crippen molar-refractivity contribution in [2.24, 2.45) is 0 Å². The molecule has 0 amide bonds. The molecule has 2 heteroatoms. The number of unbranched alkanes of at least 4 members (excludes halogenated alkanes) is 1. The van der Waals surface area contributed by atoms with E-state index in [0.29, 0.717) is 0 Å². The van der Waals surface area contributed by atoms with Crippen LogP contribution in [0.25, 0.3) is 0 Å². The Balaban J connectivity index is 2.61. The van der Waals surface area contributed by atoms with Crippen LogP contribution >= 0.6 is 15.9 Å². The van der Waals surface area contributed by atoms with Gasteiger partial charge in [0, 0.05) is 16.7 Å². The van der Waals surface area contributed by atoms with Crippen LogP contribution in [0.4, 0.5) is 5.69 Å². The minimum Gasteiger partial charge on any atom is -0.385 e. The van der Waals surface area contributed by atoms with E-state index >= 15 is 0 Å². The Bertz CT molecular complexity index is 271. The maximum Gasteiger partial charge on any atom is 0.0381 e. The molecule has 0 unspecified atom stereocenters. The summed E-state index contributed by atoms with van der Waals surface area (Å²) in [6.45, 7) is 5.39. The molecule has 1 nitrogen and oxygen atoms in total. The van der Waals surface area contributed by atoms with Gasteiger partial charge in [0.05, 0.1) is 0 Å². The third kappa shape index (κ3) is 3.03. The highest BCUT2D eigenvalue weighted by molar-refractivity contribution is 9.10. The zero-order chi connectivity index (χ0) is 9.68. The highest BCUT2D eigenvalue weighted by atomic mass is 79.9. The van der Waals surface area contributed by atoms with E-state index in [0.717, 1.165) is 6.54 Å². The fourth-order valence-electron chi connectivity index (χ4n) is 1.20. The van der Waals surface area contributed by atoms with Crippen LogP contribution in [0, 0.1) is 6.92 Å². The molecular weight excluding hydrogens is 226 g/mol. The van der Waals surface area contributed by atoms with Gasteiger partial charge in [-0.2, -0.15) is 0 Å². The van der Waals surface area contributed by atoms with Crippen molar-refractivity contribution in [1.82, 2.24) is 0 Å². The van der Waals surface area contributed by atoms with Crippen molar-refractivity contribution in [1.29, 1.82) is 0 Å². The van der Waals surface area contributed by atoms with E-state index in [4.69, 9.17) is 0 Å². The van der Waals surface area contributed by atoms with E-state index in [1.165, 1.54) is 28.6 Å². The van der Waals surface area contributed by atoms with Gasteiger partial charge in [-0.15, -0.1) is 0 Å². The maximum atomic E-state index is 3.52. The van der Waals surface area contributed by atoms with Gasteiger partial charge in [0.25, 0.3) is 0 Å². The van der Waals surface area contributed by atoms with Crippen LogP contribution in [0.1, 0.15) is 25.3 Å². The SMILES string of the molecule is CCCCNc1cccc(Br)c1C. The normalized spacial score (nSPS) is 10.1. The van der Waals surface area contributed by atoms with Crippen LogP contribution < -0.4 is 5.32 Å². The van der Waals surface area contributed by atoms with Crippen LogP contribution in [0.2, 0.25) is 0 Å². The average molecular weight is 242 g/mol. The topological polar surface area (TPSA) is 12.0 Å². The zero-order valence-electron chi connectivity index (χ0n) is 8.23. The second kappa shape index (κ2) is 5.28. The number of anilines is 1. The fourth-order valence-corrected chi connectivity index (χ4v) is 1.57. The minimum atomic E-state index is 1.06. The largest absolute Gasteiger partial charge is 0.385 e. The van der Waals surface area contributed by atoms with Gasteiger partial charge in [-0.1, -0.05) is 35.3 Å². The molecule has 1 rings (SSSR count). The van der Waals surface area contributed by atoms with Crippen LogP contribution in [0.3, 0.4) is 0 Å². The third-order valence-electron chi connectivity index (χ3n) is 2.11. The van der Waals surface area contributed by atoms with E-state index in [9.17, 15) is 0 Å². The molecule has 0 saturated heterocycles. The smallest absolute Gasteiger partial charge is 0.0381 e. The Morgan fingerprint density at radius 3 is 2.85 bits per heavy atom. The van der Waals surface area contributed by atoms with E-state index in [1.807, 2.05) is 0 Å². The highest BCUT2D eigenvalue weighted by Crippen LogP contribution is 2.23. The first-order valence-electron chi connectivity index (χ1n) is 4.74. The molecule has 72 valence electrons. The lowest BCUT2D eigenvalue weighted by atomic mass is 10.2. The molecule has 1 N–H and O–H groups in total. The van der Waals surface area contributed by atoms with E-state index < -0.39 is 0 Å². The summed E-state index contributed by atoms with van der Waals surface area (Å²) in [5.74, 6) is 0. The highest BCUT2D eigenvalue weighted by Gasteiger charge is 1.99. The lowest BCUT2D eigenvalue weighted by Crippen LogP contribution is -2.02. The first-order valence-corrected chi connectivity index (χ1v) is 5.54. The van der Waals surface area contributed by atoms with Gasteiger partial charge in [-0.25, -0.2) is 0 Å². The second-order valence-corrected chi connectivity index (χ2v) is 4.05. The van der Waals surface area contributed by atoms with Gasteiger partial charge in [0.2, 0.25) is 0 Å². The molecule has 0 radical (unpaired) electrons. The number of benzene rings is 1. The van der Waals surface area contributed by atoms with Gasteiger partial charge in [0.1, 0.15) is 0 Å². The molecule has 0 aromatic heterocycles. The maximum absolute atomic E-state index is 3.52. The van der Waals surface area contributed by atoms with E-state index in [1.54, 1.807) is 0 Å². The summed E-state index contributed by atoms with van der Waals surface area (Å²) in [6, 6.07) is 6.25. The van der Waals surface area contributed by atoms with Gasteiger partial charge < -0.3 is 5.32 Å². The summed E-state index contributed by atoms with van der Waals surface area (Å²) in [6.07, 6.45) is 2.46. The number of hydrogen-bond acceptors (Lipinski definition) is 1. The van der Waals surface area contributed by atoms with Crippen molar-refractivity contribution in [3.63, 3.8) is 0 Å². The molecular formula is C11H16BrN. The molecule has 0 fully saturated rings. The third-order valence-corrected chi connectivity index (χ3v) is 2.97. The Morgan fingerprint density at radius 1 is 1.38 bits per heavy atom. The summed E-state index contributed by atoms with van der Waals surface area (Å²) in [4.78, 5) is 0. The monoisotopic (exact) mass is 241 g/mol. The Labute approximate surface area is 88.7 Å². The summed E-state index contributed by atoms with van der Waals surface area (Å²) in [5, 5.41) is 3.42. The van der Waals surface area contributed by atoms with E-state index in [2.05, 4.69) is 53.3 Å². The average Bonchev–Trinajstić information content (AvgIpc) is 2.13. The molecule has 0 bridgehead atoms. The number of halogens is 1. The summed E-state index contributed by atoms with van der Waals surface area (Å²) in [7, 11) is 0. The molecule has 0 aliphatic carbocycles. The van der Waals surface area contributed by atoms with Crippen molar-refractivity contribution in [2.75, 3.05) is 11.9 Å². The van der Waals surface area contributed by atoms with Gasteiger partial charge in [0.15, 0.2) is 0 Å². The fraction of sp³-hybridized carbons (Fsp3) is 0.455. The lowest BCUT2D eigenvalue weighted by Gasteiger charge is -2.09. The molecule has 13 heavy (non-hydrogen) atoms. The first-order chi connectivity index (χ1) is 6.25. The van der Waals surface area contributed by atoms with E-state index in [-0.39, 0.29) is 0 Å². The molecule has 1 aromatic rings. The molecule has 0 aliphatic heterocycles. The summed E-state index contributed by atoms with van der Waals surface area (Å²) >= 11 is 3.52. The number of rotatable bonds is 4. The molecule has 1 aromatic carbocycles. The van der Waals surface area contributed by atoms with Crippen LogP contribution in [-0.2, 0) is 0 Å². The lowest BCUT2D eigenvalue weighted by molar-refractivity contribution is 0.833. The molecule has 0 spiro atoms. The second-order valence-electron chi connectivity index (χ2n) is 3.19. The van der Waals surface area contributed by atoms with Crippen LogP contribution in [0.15, 0.2) is 22.7 Å². The Hall–Kier alpha value is -0.500. The predicted molar refractivity (Wildman–Crippen MR) is 62.3 cm³/mol. The quantitative estimate of drug-likeness (QED) is 0.787. The zero-order valence-corrected chi connectivity index (χ0v) is 9.82. The molecule has 0 heterocycles. The number of nitrogens with one attached hydrogen (secondary N) is 1. The van der Waals surface area contributed by atoms with Crippen LogP contribution in [0.5, 0.6) is 0 Å². The van der Waals surface area contributed by atoms with Crippen LogP contribution in [-0.4, -0.2) is 6.54 Å². The van der Waals surface area contributed by atoms with Gasteiger partial charge in [-0.05, 0) is 31.0 Å². The first kappa shape index (κ1) is 10.6. The Kier molecular flexibility index (Phi) is 4.29. The summed E-state index contributed by atoms with van der Waals surface area (Å²) in [5.41, 5.74) is 2.53. The Morgan fingerprint density at radius 2 is 2.15 bits per heavy atom. The van der Waals surface area contributed by atoms with Gasteiger partial charge in [-0.3, -0.25) is 0 Å². The van der Waals surface area contributed by atoms with Crippen molar-refractivity contribution < 1.29 is 0 Å². The molecule has 0 atom stereocenters. The predicted octanol–water partition coefficient (Wildman–Crippen LogP) is 3.97. The standard InChI is InChI=1S/C11H16BrN/c1-3-4-8-13-11-7-5-6-10(12)9(11)2/h5-7,13H,3-4,8H2,1-2H3. The van der Waals surface area contributed by atoms with Gasteiger partial charge >= 0.3 is 0 Å². The summed E-state index contributed by atoms with van der Waals surface area (Å²) < 4.78 is 1.17.